The molecule has 0 saturated carbocycles. The number of hydrogen-bond acceptors (Lipinski definition) is 4. The lowest BCUT2D eigenvalue weighted by atomic mass is 9.78. The predicted molar refractivity (Wildman–Crippen MR) is 105 cm³/mol. The third-order valence-electron chi connectivity index (χ3n) is 4.91. The van der Waals surface area contributed by atoms with Crippen LogP contribution >= 0.6 is 0 Å². The fourth-order valence-corrected chi connectivity index (χ4v) is 3.12. The number of carbonyl (C=O) groups excluding carboxylic acids is 1. The van der Waals surface area contributed by atoms with Crippen molar-refractivity contribution in [2.45, 2.75) is 12.3 Å². The van der Waals surface area contributed by atoms with Crippen LogP contribution in [-0.4, -0.2) is 25.1 Å². The Morgan fingerprint density at radius 2 is 1.75 bits per heavy atom. The van der Waals surface area contributed by atoms with Gasteiger partial charge in [0.2, 0.25) is 5.91 Å². The molecule has 0 saturated heterocycles. The molecule has 0 aliphatic carbocycles. The summed E-state index contributed by atoms with van der Waals surface area (Å²) in [5.41, 5.74) is 7.23. The zero-order valence-electron chi connectivity index (χ0n) is 15.9. The Balaban J connectivity index is 2.13. The van der Waals surface area contributed by atoms with Crippen LogP contribution in [0, 0.1) is 5.82 Å². The normalized spacial score (nSPS) is 12.9. The minimum Gasteiger partial charge on any atom is -0.497 e. The molecule has 1 aromatic heterocycles. The van der Waals surface area contributed by atoms with Crippen molar-refractivity contribution >= 4 is 5.91 Å². The van der Waals surface area contributed by atoms with Crippen LogP contribution in [0.25, 0.3) is 11.1 Å². The lowest BCUT2D eigenvalue weighted by molar-refractivity contribution is -0.121. The second-order valence-electron chi connectivity index (χ2n) is 6.49. The van der Waals surface area contributed by atoms with E-state index in [1.54, 1.807) is 62.7 Å². The van der Waals surface area contributed by atoms with E-state index in [4.69, 9.17) is 15.2 Å². The molecule has 0 aliphatic heterocycles. The van der Waals surface area contributed by atoms with Crippen LogP contribution in [0.2, 0.25) is 0 Å². The van der Waals surface area contributed by atoms with Crippen LogP contribution in [0.1, 0.15) is 18.2 Å². The summed E-state index contributed by atoms with van der Waals surface area (Å²) in [4.78, 5) is 16.9. The summed E-state index contributed by atoms with van der Waals surface area (Å²) in [6.45, 7) is 1.73. The first-order valence-corrected chi connectivity index (χ1v) is 8.65. The zero-order valence-corrected chi connectivity index (χ0v) is 15.9. The number of carbonyl (C=O) groups is 1. The van der Waals surface area contributed by atoms with Gasteiger partial charge in [-0.05, 0) is 54.4 Å². The van der Waals surface area contributed by atoms with Gasteiger partial charge in [-0.1, -0.05) is 12.1 Å². The van der Waals surface area contributed by atoms with E-state index < -0.39 is 17.1 Å². The number of ether oxygens (including phenoxy) is 2. The highest BCUT2D eigenvalue weighted by atomic mass is 19.1. The van der Waals surface area contributed by atoms with Gasteiger partial charge < -0.3 is 15.2 Å². The van der Waals surface area contributed by atoms with Gasteiger partial charge >= 0.3 is 0 Å². The van der Waals surface area contributed by atoms with Crippen molar-refractivity contribution in [2.75, 3.05) is 14.2 Å². The van der Waals surface area contributed by atoms with Crippen molar-refractivity contribution in [1.82, 2.24) is 4.98 Å². The SMILES string of the molecule is COc1ccc([C@](C)(C(N)=O)c2cc(-c3ccc(F)cc3OC)ccn2)cc1. The third kappa shape index (κ3) is 3.41. The van der Waals surface area contributed by atoms with Gasteiger partial charge in [0.1, 0.15) is 22.7 Å². The molecule has 0 spiro atoms. The maximum absolute atomic E-state index is 13.5. The highest BCUT2D eigenvalue weighted by molar-refractivity contribution is 5.90. The molecular formula is C22H21FN2O3. The van der Waals surface area contributed by atoms with Crippen molar-refractivity contribution in [1.29, 1.82) is 0 Å². The van der Waals surface area contributed by atoms with Crippen molar-refractivity contribution in [3.05, 3.63) is 77.9 Å². The van der Waals surface area contributed by atoms with E-state index in [0.29, 0.717) is 28.3 Å². The minimum absolute atomic E-state index is 0.391. The van der Waals surface area contributed by atoms with E-state index in [1.165, 1.54) is 19.2 Å². The number of aromatic nitrogens is 1. The average molecular weight is 380 g/mol. The van der Waals surface area contributed by atoms with Gasteiger partial charge in [-0.3, -0.25) is 9.78 Å². The number of rotatable bonds is 6. The predicted octanol–water partition coefficient (Wildman–Crippen LogP) is 3.70. The number of methoxy groups -OCH3 is 2. The highest BCUT2D eigenvalue weighted by Crippen LogP contribution is 2.36. The van der Waals surface area contributed by atoms with Gasteiger partial charge in [0, 0.05) is 17.8 Å². The first kappa shape index (κ1) is 19.4. The zero-order chi connectivity index (χ0) is 20.3. The second-order valence-corrected chi connectivity index (χ2v) is 6.49. The Kier molecular flexibility index (Phi) is 5.31. The first-order valence-electron chi connectivity index (χ1n) is 8.65. The molecule has 1 atom stereocenters. The smallest absolute Gasteiger partial charge is 0.233 e. The van der Waals surface area contributed by atoms with E-state index in [1.807, 2.05) is 0 Å². The van der Waals surface area contributed by atoms with E-state index >= 15 is 0 Å². The summed E-state index contributed by atoms with van der Waals surface area (Å²) in [5.74, 6) is 0.138. The molecule has 5 nitrogen and oxygen atoms in total. The lowest BCUT2D eigenvalue weighted by Crippen LogP contribution is -2.40. The fourth-order valence-electron chi connectivity index (χ4n) is 3.12. The van der Waals surface area contributed by atoms with E-state index in [-0.39, 0.29) is 0 Å². The van der Waals surface area contributed by atoms with Gasteiger partial charge in [0.25, 0.3) is 0 Å². The molecule has 0 bridgehead atoms. The van der Waals surface area contributed by atoms with Gasteiger partial charge in [0.05, 0.1) is 19.9 Å². The van der Waals surface area contributed by atoms with E-state index in [9.17, 15) is 9.18 Å². The highest BCUT2D eigenvalue weighted by Gasteiger charge is 2.37. The number of primary amides is 1. The summed E-state index contributed by atoms with van der Waals surface area (Å²) in [7, 11) is 3.05. The van der Waals surface area contributed by atoms with Crippen LogP contribution in [-0.2, 0) is 10.2 Å². The number of pyridine rings is 1. The molecule has 28 heavy (non-hydrogen) atoms. The van der Waals surface area contributed by atoms with Crippen LogP contribution in [0.4, 0.5) is 4.39 Å². The van der Waals surface area contributed by atoms with E-state index in [2.05, 4.69) is 4.98 Å². The maximum Gasteiger partial charge on any atom is 0.233 e. The van der Waals surface area contributed by atoms with Gasteiger partial charge in [-0.15, -0.1) is 0 Å². The topological polar surface area (TPSA) is 74.4 Å². The van der Waals surface area contributed by atoms with Gasteiger partial charge in [0.15, 0.2) is 0 Å². The Bertz CT molecular complexity index is 1000. The molecule has 0 radical (unpaired) electrons. The first-order chi connectivity index (χ1) is 13.4. The average Bonchev–Trinajstić information content (AvgIpc) is 2.73. The van der Waals surface area contributed by atoms with Crippen molar-refractivity contribution in [2.24, 2.45) is 5.73 Å². The van der Waals surface area contributed by atoms with Crippen molar-refractivity contribution in [3.63, 3.8) is 0 Å². The lowest BCUT2D eigenvalue weighted by Gasteiger charge is -2.27. The monoisotopic (exact) mass is 380 g/mol. The number of nitrogens with zero attached hydrogens (tertiary/aromatic N) is 1. The van der Waals surface area contributed by atoms with E-state index in [0.717, 1.165) is 5.56 Å². The molecule has 144 valence electrons. The summed E-state index contributed by atoms with van der Waals surface area (Å²) < 4.78 is 24.0. The Morgan fingerprint density at radius 1 is 1.04 bits per heavy atom. The number of halogens is 1. The third-order valence-corrected chi connectivity index (χ3v) is 4.91. The second kappa shape index (κ2) is 7.68. The molecule has 0 aliphatic rings. The standard InChI is InChI=1S/C22H21FN2O3/c1-22(21(24)26,15-4-7-17(27-2)8-5-15)20-12-14(10-11-25-20)18-9-6-16(23)13-19(18)28-3/h4-13H,1-3H3,(H2,24,26)/t22-/m0/s1. The van der Waals surface area contributed by atoms with Crippen LogP contribution < -0.4 is 15.2 Å². The van der Waals surface area contributed by atoms with Crippen LogP contribution in [0.3, 0.4) is 0 Å². The number of amides is 1. The molecule has 3 rings (SSSR count). The minimum atomic E-state index is -1.16. The Labute approximate surface area is 162 Å². The Hall–Kier alpha value is -3.41. The molecule has 0 unspecified atom stereocenters. The molecule has 0 fully saturated rings. The number of hydrogen-bond donors (Lipinski definition) is 1. The summed E-state index contributed by atoms with van der Waals surface area (Å²) >= 11 is 0. The molecule has 6 heteroatoms. The molecule has 1 amide bonds. The number of nitrogens with two attached hydrogens (primary N) is 1. The van der Waals surface area contributed by atoms with Gasteiger partial charge in [-0.25, -0.2) is 4.39 Å². The number of benzene rings is 2. The Morgan fingerprint density at radius 3 is 2.36 bits per heavy atom. The maximum atomic E-state index is 13.5. The summed E-state index contributed by atoms with van der Waals surface area (Å²) in [6.07, 6.45) is 1.60. The fraction of sp³-hybridized carbons (Fsp3) is 0.182. The molecule has 1 heterocycles. The molecule has 3 aromatic rings. The largest absolute Gasteiger partial charge is 0.497 e. The van der Waals surface area contributed by atoms with Gasteiger partial charge in [-0.2, -0.15) is 0 Å². The van der Waals surface area contributed by atoms with Crippen molar-refractivity contribution < 1.29 is 18.7 Å². The molecule has 2 aromatic carbocycles. The summed E-state index contributed by atoms with van der Waals surface area (Å²) in [5, 5.41) is 0. The molecule has 2 N–H and O–H groups in total. The molecular weight excluding hydrogens is 359 g/mol. The summed E-state index contributed by atoms with van der Waals surface area (Å²) in [6, 6.07) is 14.9. The van der Waals surface area contributed by atoms with Crippen LogP contribution in [0.15, 0.2) is 60.8 Å². The quantitative estimate of drug-likeness (QED) is 0.708. The van der Waals surface area contributed by atoms with Crippen LogP contribution in [0.5, 0.6) is 11.5 Å². The van der Waals surface area contributed by atoms with Crippen molar-refractivity contribution in [3.8, 4) is 22.6 Å².